The van der Waals surface area contributed by atoms with Crippen molar-refractivity contribution in [1.82, 2.24) is 0 Å². The van der Waals surface area contributed by atoms with Crippen LogP contribution in [0.1, 0.15) is 47.5 Å². The monoisotopic (exact) mass is 478 g/mol. The predicted molar refractivity (Wildman–Crippen MR) is 116 cm³/mol. The Bertz CT molecular complexity index is 975. The average molecular weight is 479 g/mol. The van der Waals surface area contributed by atoms with Crippen LogP contribution in [0.5, 0.6) is 0 Å². The van der Waals surface area contributed by atoms with E-state index in [0.717, 1.165) is 5.57 Å². The molecule has 9 nitrogen and oxygen atoms in total. The lowest BCUT2D eigenvalue weighted by molar-refractivity contribution is -0.340. The summed E-state index contributed by atoms with van der Waals surface area (Å²) in [4.78, 5) is 38.7. The first kappa shape index (κ1) is 23.9. The Labute approximate surface area is 198 Å². The van der Waals surface area contributed by atoms with Gasteiger partial charge in [-0.2, -0.15) is 0 Å². The van der Waals surface area contributed by atoms with E-state index in [0.29, 0.717) is 12.8 Å². The summed E-state index contributed by atoms with van der Waals surface area (Å²) in [7, 11) is 0. The maximum Gasteiger partial charge on any atom is 0.348 e. The fourth-order valence-electron chi connectivity index (χ4n) is 8.14. The largest absolute Gasteiger partial charge is 0.459 e. The molecule has 5 aliphatic rings. The standard InChI is InChI=1S/C25H34O9/c1-6-10(2)20(29)34-17-16-12(4)18(27)25(31)22-23(5)13(11(3)7-14(26)19(23)28)8-15(33-21(17)30)24(16,22)9-32-25/h7,10,12-13,15-19,22,27-28,31H,6,8-9H2,1-5H3/t10?,12-,13+,15-,16-,17-,18-,19-,22?,23-,24+,25?/m1/s1. The van der Waals surface area contributed by atoms with E-state index in [1.807, 2.05) is 6.92 Å². The molecule has 2 heterocycles. The molecule has 3 N–H and O–H groups in total. The van der Waals surface area contributed by atoms with Crippen molar-refractivity contribution in [2.75, 3.05) is 6.61 Å². The lowest BCUT2D eigenvalue weighted by atomic mass is 9.38. The number of carbonyl (C=O) groups is 3. The van der Waals surface area contributed by atoms with Crippen molar-refractivity contribution in [2.45, 2.75) is 77.7 Å². The molecule has 2 aliphatic heterocycles. The number of hydrogen-bond acceptors (Lipinski definition) is 9. The third-order valence-electron chi connectivity index (χ3n) is 9.89. The third kappa shape index (κ3) is 2.61. The van der Waals surface area contributed by atoms with Gasteiger partial charge in [-0.3, -0.25) is 9.59 Å². The number of carbonyl (C=O) groups excluding carboxylic acids is 3. The number of esters is 2. The Morgan fingerprint density at radius 1 is 1.32 bits per heavy atom. The minimum atomic E-state index is -2.06. The number of rotatable bonds is 3. The van der Waals surface area contributed by atoms with Gasteiger partial charge in [0.1, 0.15) is 18.3 Å². The molecule has 3 aliphatic carbocycles. The summed E-state index contributed by atoms with van der Waals surface area (Å²) in [5, 5.41) is 34.3. The summed E-state index contributed by atoms with van der Waals surface area (Å²) in [6.45, 7) is 8.74. The van der Waals surface area contributed by atoms with Gasteiger partial charge >= 0.3 is 11.9 Å². The molecule has 12 atom stereocenters. The summed E-state index contributed by atoms with van der Waals surface area (Å²) in [6.07, 6.45) is -2.58. The van der Waals surface area contributed by atoms with Crippen molar-refractivity contribution in [2.24, 2.45) is 40.4 Å². The SMILES string of the molecule is CCC(C)C(=O)O[C@H]1C(=O)O[C@@H]2C[C@H]3C(C)=CC(=O)[C@@H](O)[C@]3(C)C3C4(O)OC[C@]32[C@@H]1[C@@H](C)[C@H]4O. The topological polar surface area (TPSA) is 140 Å². The highest BCUT2D eigenvalue weighted by Gasteiger charge is 2.83. The molecular formula is C25H34O9. The molecule has 5 rings (SSSR count). The molecule has 0 radical (unpaired) electrons. The molecule has 2 bridgehead atoms. The highest BCUT2D eigenvalue weighted by molar-refractivity contribution is 5.96. The Balaban J connectivity index is 1.69. The van der Waals surface area contributed by atoms with Crippen LogP contribution in [-0.2, 0) is 28.6 Å². The molecule has 2 saturated heterocycles. The van der Waals surface area contributed by atoms with Crippen molar-refractivity contribution in [1.29, 1.82) is 0 Å². The van der Waals surface area contributed by atoms with E-state index >= 15 is 0 Å². The number of ether oxygens (including phenoxy) is 3. The van der Waals surface area contributed by atoms with Crippen molar-refractivity contribution >= 4 is 17.7 Å². The van der Waals surface area contributed by atoms with Crippen molar-refractivity contribution in [3.63, 3.8) is 0 Å². The normalized spacial score (nSPS) is 52.2. The minimum Gasteiger partial charge on any atom is -0.459 e. The quantitative estimate of drug-likeness (QED) is 0.501. The highest BCUT2D eigenvalue weighted by Crippen LogP contribution is 2.73. The minimum absolute atomic E-state index is 0.0540. The zero-order chi connectivity index (χ0) is 25.0. The summed E-state index contributed by atoms with van der Waals surface area (Å²) in [6, 6.07) is 0. The molecule has 3 unspecified atom stereocenters. The molecule has 2 saturated carbocycles. The van der Waals surface area contributed by atoms with Gasteiger partial charge in [-0.05, 0) is 37.7 Å². The molecule has 0 aromatic carbocycles. The van der Waals surface area contributed by atoms with E-state index in [4.69, 9.17) is 14.2 Å². The Kier molecular flexibility index (Phi) is 5.17. The maximum absolute atomic E-state index is 13.2. The lowest BCUT2D eigenvalue weighted by Crippen LogP contribution is -2.78. The second-order valence-corrected chi connectivity index (χ2v) is 11.4. The van der Waals surface area contributed by atoms with Crippen LogP contribution in [0.3, 0.4) is 0 Å². The number of aliphatic hydroxyl groups excluding tert-OH is 2. The summed E-state index contributed by atoms with van der Waals surface area (Å²) in [5.41, 5.74) is -1.51. The Morgan fingerprint density at radius 2 is 2.00 bits per heavy atom. The van der Waals surface area contributed by atoms with Crippen LogP contribution < -0.4 is 0 Å². The fourth-order valence-corrected chi connectivity index (χ4v) is 8.14. The van der Waals surface area contributed by atoms with Crippen LogP contribution in [0.4, 0.5) is 0 Å². The molecule has 9 heteroatoms. The molecule has 4 fully saturated rings. The van der Waals surface area contributed by atoms with E-state index in [1.54, 1.807) is 27.7 Å². The zero-order valence-electron chi connectivity index (χ0n) is 20.2. The van der Waals surface area contributed by atoms with Gasteiger partial charge < -0.3 is 29.5 Å². The van der Waals surface area contributed by atoms with E-state index in [9.17, 15) is 29.7 Å². The van der Waals surface area contributed by atoms with E-state index < -0.39 is 82.4 Å². The summed E-state index contributed by atoms with van der Waals surface area (Å²) >= 11 is 0. The second kappa shape index (κ2) is 7.35. The molecule has 0 aromatic heterocycles. The number of allylic oxidation sites excluding steroid dienone is 1. The van der Waals surface area contributed by atoms with E-state index in [1.165, 1.54) is 6.08 Å². The first-order valence-corrected chi connectivity index (χ1v) is 12.2. The van der Waals surface area contributed by atoms with Crippen LogP contribution in [0.15, 0.2) is 11.6 Å². The first-order chi connectivity index (χ1) is 15.8. The second-order valence-electron chi connectivity index (χ2n) is 11.4. The van der Waals surface area contributed by atoms with Gasteiger partial charge in [-0.1, -0.05) is 33.3 Å². The zero-order valence-corrected chi connectivity index (χ0v) is 20.2. The van der Waals surface area contributed by atoms with Crippen molar-refractivity contribution < 1.29 is 43.9 Å². The molecule has 1 spiro atoms. The van der Waals surface area contributed by atoms with Crippen LogP contribution in [0, 0.1) is 40.4 Å². The van der Waals surface area contributed by atoms with Crippen molar-refractivity contribution in [3.8, 4) is 0 Å². The van der Waals surface area contributed by atoms with Crippen molar-refractivity contribution in [3.05, 3.63) is 11.6 Å². The third-order valence-corrected chi connectivity index (χ3v) is 9.89. The number of ketones is 1. The maximum atomic E-state index is 13.2. The van der Waals surface area contributed by atoms with Gasteiger partial charge in [0, 0.05) is 22.7 Å². The molecule has 34 heavy (non-hydrogen) atoms. The van der Waals surface area contributed by atoms with E-state index in [-0.39, 0.29) is 12.5 Å². The van der Waals surface area contributed by atoms with Gasteiger partial charge in [0.05, 0.1) is 12.5 Å². The highest BCUT2D eigenvalue weighted by atomic mass is 16.7. The van der Waals surface area contributed by atoms with Crippen LogP contribution in [0.2, 0.25) is 0 Å². The van der Waals surface area contributed by atoms with Crippen LogP contribution in [0.25, 0.3) is 0 Å². The Hall–Kier alpha value is -1.81. The number of hydrogen-bond donors (Lipinski definition) is 3. The number of fused-ring (bicyclic) bond motifs is 1. The summed E-state index contributed by atoms with van der Waals surface area (Å²) < 4.78 is 17.6. The van der Waals surface area contributed by atoms with Crippen LogP contribution >= 0.6 is 0 Å². The predicted octanol–water partition coefficient (Wildman–Crippen LogP) is 0.734. The number of aliphatic hydroxyl groups is 3. The molecule has 0 aromatic rings. The fraction of sp³-hybridized carbons (Fsp3) is 0.800. The van der Waals surface area contributed by atoms with Gasteiger partial charge in [-0.25, -0.2) is 4.79 Å². The summed E-state index contributed by atoms with van der Waals surface area (Å²) in [5.74, 6) is -6.89. The first-order valence-electron chi connectivity index (χ1n) is 12.2. The molecular weight excluding hydrogens is 444 g/mol. The van der Waals surface area contributed by atoms with E-state index in [2.05, 4.69) is 0 Å². The molecule has 188 valence electrons. The van der Waals surface area contributed by atoms with Gasteiger partial charge in [0.15, 0.2) is 11.6 Å². The van der Waals surface area contributed by atoms with Gasteiger partial charge in [0.2, 0.25) is 6.10 Å². The molecule has 0 amide bonds. The van der Waals surface area contributed by atoms with Crippen LogP contribution in [-0.4, -0.2) is 69.9 Å². The smallest absolute Gasteiger partial charge is 0.348 e. The lowest BCUT2D eigenvalue weighted by Gasteiger charge is -2.68. The Morgan fingerprint density at radius 3 is 2.65 bits per heavy atom. The van der Waals surface area contributed by atoms with Gasteiger partial charge in [0.25, 0.3) is 0 Å². The average Bonchev–Trinajstić information content (AvgIpc) is 3.08. The van der Waals surface area contributed by atoms with Gasteiger partial charge in [-0.15, -0.1) is 0 Å².